The highest BCUT2D eigenvalue weighted by Crippen LogP contribution is 2.27. The minimum Gasteiger partial charge on any atom is -0.507 e. The number of hydrogen-bond donors (Lipinski definition) is 2. The van der Waals surface area contributed by atoms with Crippen molar-refractivity contribution in [2.24, 2.45) is 0 Å². The lowest BCUT2D eigenvalue weighted by Crippen LogP contribution is -1.76. The Morgan fingerprint density at radius 3 is 2.00 bits per heavy atom. The Balaban J connectivity index is 0.000000143. The van der Waals surface area contributed by atoms with Gasteiger partial charge in [0.15, 0.2) is 0 Å². The van der Waals surface area contributed by atoms with Gasteiger partial charge in [0.2, 0.25) is 0 Å². The highest BCUT2D eigenvalue weighted by Gasteiger charge is 2.00. The first-order valence-corrected chi connectivity index (χ1v) is 7.62. The van der Waals surface area contributed by atoms with E-state index >= 15 is 0 Å². The number of fused-ring (bicyclic) bond motifs is 1. The number of hydrogen-bond acceptors (Lipinski definition) is 3. The predicted octanol–water partition coefficient (Wildman–Crippen LogP) is 5.00. The maximum Gasteiger partial charge on any atom is 0.141 e. The van der Waals surface area contributed by atoms with E-state index in [2.05, 4.69) is 4.98 Å². The lowest BCUT2D eigenvalue weighted by Gasteiger charge is -2.02. The number of aromatic hydroxyl groups is 2. The van der Waals surface area contributed by atoms with Gasteiger partial charge in [0.25, 0.3) is 0 Å². The van der Waals surface area contributed by atoms with Gasteiger partial charge in [-0.1, -0.05) is 66.7 Å². The average Bonchev–Trinajstić information content (AvgIpc) is 2.64. The normalized spacial score (nSPS) is 10.0. The molecule has 0 spiro atoms. The number of phenolic OH excluding ortho intramolecular Hbond substituents is 2. The summed E-state index contributed by atoms with van der Waals surface area (Å²) >= 11 is 0. The zero-order valence-electron chi connectivity index (χ0n) is 13.0. The van der Waals surface area contributed by atoms with E-state index in [4.69, 9.17) is 0 Å². The van der Waals surface area contributed by atoms with Gasteiger partial charge in [-0.25, -0.2) is 0 Å². The molecule has 0 atom stereocenters. The van der Waals surface area contributed by atoms with Crippen LogP contribution in [0.25, 0.3) is 22.0 Å². The van der Waals surface area contributed by atoms with Crippen LogP contribution in [-0.2, 0) is 0 Å². The first-order chi connectivity index (χ1) is 11.8. The monoisotopic (exact) mass is 315 g/mol. The van der Waals surface area contributed by atoms with E-state index in [-0.39, 0.29) is 5.75 Å². The Morgan fingerprint density at radius 2 is 1.25 bits per heavy atom. The lowest BCUT2D eigenvalue weighted by atomic mass is 10.1. The van der Waals surface area contributed by atoms with Crippen molar-refractivity contribution in [1.82, 2.24) is 4.98 Å². The largest absolute Gasteiger partial charge is 0.507 e. The van der Waals surface area contributed by atoms with Crippen LogP contribution in [0, 0.1) is 0 Å². The van der Waals surface area contributed by atoms with Crippen molar-refractivity contribution in [2.75, 3.05) is 0 Å². The van der Waals surface area contributed by atoms with Gasteiger partial charge in [-0.2, -0.15) is 0 Å². The molecule has 0 bridgehead atoms. The molecule has 24 heavy (non-hydrogen) atoms. The van der Waals surface area contributed by atoms with Crippen LogP contribution in [0.5, 0.6) is 11.5 Å². The number of nitrogens with zero attached hydrogens (tertiary/aromatic N) is 1. The summed E-state index contributed by atoms with van der Waals surface area (Å²) in [6.45, 7) is 0. The Bertz CT molecular complexity index is 931. The summed E-state index contributed by atoms with van der Waals surface area (Å²) in [6, 6.07) is 26.3. The topological polar surface area (TPSA) is 53.4 Å². The highest BCUT2D eigenvalue weighted by atomic mass is 16.3. The van der Waals surface area contributed by atoms with Gasteiger partial charge in [0, 0.05) is 17.1 Å². The summed E-state index contributed by atoms with van der Waals surface area (Å²) in [4.78, 5) is 4.03. The summed E-state index contributed by atoms with van der Waals surface area (Å²) in [5.74, 6) is 0.566. The number of para-hydroxylation sites is 2. The Labute approximate surface area is 140 Å². The van der Waals surface area contributed by atoms with E-state index < -0.39 is 0 Å². The molecule has 0 amide bonds. The Morgan fingerprint density at radius 1 is 0.583 bits per heavy atom. The van der Waals surface area contributed by atoms with Crippen LogP contribution in [0.3, 0.4) is 0 Å². The second kappa shape index (κ2) is 7.29. The van der Waals surface area contributed by atoms with Gasteiger partial charge in [0.1, 0.15) is 17.0 Å². The standard InChI is InChI=1S/C12H10O.C9H7NO/c13-12-9-5-4-8-11(12)10-6-2-1-3-7-10;11-8-5-1-3-7-4-2-6-10-9(7)8/h1-9,13H;1-6,11H. The molecule has 0 radical (unpaired) electrons. The van der Waals surface area contributed by atoms with E-state index in [1.54, 1.807) is 24.4 Å². The fourth-order valence-electron chi connectivity index (χ4n) is 2.42. The van der Waals surface area contributed by atoms with E-state index in [1.165, 1.54) is 0 Å². The molecule has 3 nitrogen and oxygen atoms in total. The van der Waals surface area contributed by atoms with Crippen LogP contribution in [-0.4, -0.2) is 15.2 Å². The van der Waals surface area contributed by atoms with Gasteiger partial charge < -0.3 is 10.2 Å². The molecule has 1 aromatic heterocycles. The third-order valence-electron chi connectivity index (χ3n) is 3.60. The van der Waals surface area contributed by atoms with Crippen molar-refractivity contribution in [1.29, 1.82) is 0 Å². The zero-order chi connectivity index (χ0) is 16.8. The molecule has 0 aliphatic heterocycles. The quantitative estimate of drug-likeness (QED) is 0.520. The maximum absolute atomic E-state index is 9.56. The second-order valence-corrected chi connectivity index (χ2v) is 5.24. The van der Waals surface area contributed by atoms with Crippen LogP contribution in [0.2, 0.25) is 0 Å². The van der Waals surface area contributed by atoms with Crippen LogP contribution in [0.15, 0.2) is 91.1 Å². The number of benzene rings is 3. The highest BCUT2D eigenvalue weighted by molar-refractivity contribution is 5.83. The predicted molar refractivity (Wildman–Crippen MR) is 97.0 cm³/mol. The van der Waals surface area contributed by atoms with Crippen molar-refractivity contribution in [2.45, 2.75) is 0 Å². The van der Waals surface area contributed by atoms with Crippen molar-refractivity contribution in [3.05, 3.63) is 91.1 Å². The van der Waals surface area contributed by atoms with Crippen molar-refractivity contribution in [3.63, 3.8) is 0 Å². The molecular weight excluding hydrogens is 298 g/mol. The molecule has 0 aliphatic rings. The minimum atomic E-state index is 0.239. The lowest BCUT2D eigenvalue weighted by molar-refractivity contribution is 0.477. The summed E-state index contributed by atoms with van der Waals surface area (Å²) in [7, 11) is 0. The van der Waals surface area contributed by atoms with Crippen molar-refractivity contribution < 1.29 is 10.2 Å². The zero-order valence-corrected chi connectivity index (χ0v) is 13.0. The first-order valence-electron chi connectivity index (χ1n) is 7.62. The van der Waals surface area contributed by atoms with Crippen LogP contribution in [0.4, 0.5) is 0 Å². The van der Waals surface area contributed by atoms with Gasteiger partial charge in [-0.15, -0.1) is 0 Å². The van der Waals surface area contributed by atoms with Gasteiger partial charge >= 0.3 is 0 Å². The maximum atomic E-state index is 9.56. The number of phenols is 2. The molecule has 118 valence electrons. The van der Waals surface area contributed by atoms with E-state index in [0.29, 0.717) is 11.3 Å². The molecule has 2 N–H and O–H groups in total. The van der Waals surface area contributed by atoms with E-state index in [1.807, 2.05) is 66.7 Å². The van der Waals surface area contributed by atoms with Crippen molar-refractivity contribution in [3.8, 4) is 22.6 Å². The molecule has 1 heterocycles. The van der Waals surface area contributed by atoms with Crippen LogP contribution < -0.4 is 0 Å². The average molecular weight is 315 g/mol. The van der Waals surface area contributed by atoms with E-state index in [0.717, 1.165) is 16.5 Å². The fraction of sp³-hybridized carbons (Fsp3) is 0. The molecular formula is C21H17NO2. The van der Waals surface area contributed by atoms with E-state index in [9.17, 15) is 10.2 Å². The molecule has 0 saturated heterocycles. The number of aromatic nitrogens is 1. The summed E-state index contributed by atoms with van der Waals surface area (Å²) < 4.78 is 0. The SMILES string of the molecule is Oc1cccc2cccnc12.Oc1ccccc1-c1ccccc1. The van der Waals surface area contributed by atoms with Crippen LogP contribution in [0.1, 0.15) is 0 Å². The fourth-order valence-corrected chi connectivity index (χ4v) is 2.42. The summed E-state index contributed by atoms with van der Waals surface area (Å²) in [6.07, 6.45) is 1.67. The second-order valence-electron chi connectivity index (χ2n) is 5.24. The number of pyridine rings is 1. The molecule has 0 fully saturated rings. The Kier molecular flexibility index (Phi) is 4.73. The van der Waals surface area contributed by atoms with Crippen LogP contribution >= 0.6 is 0 Å². The molecule has 4 rings (SSSR count). The molecule has 0 saturated carbocycles. The molecule has 0 aliphatic carbocycles. The number of rotatable bonds is 1. The third-order valence-corrected chi connectivity index (χ3v) is 3.60. The molecule has 4 aromatic rings. The van der Waals surface area contributed by atoms with Gasteiger partial charge in [-0.3, -0.25) is 4.98 Å². The smallest absolute Gasteiger partial charge is 0.141 e. The third kappa shape index (κ3) is 3.52. The van der Waals surface area contributed by atoms with Gasteiger partial charge in [-0.05, 0) is 23.8 Å². The molecule has 3 heteroatoms. The molecule has 3 aromatic carbocycles. The van der Waals surface area contributed by atoms with Crippen molar-refractivity contribution >= 4 is 10.9 Å². The summed E-state index contributed by atoms with van der Waals surface area (Å²) in [5.41, 5.74) is 2.58. The first kappa shape index (κ1) is 15.6. The van der Waals surface area contributed by atoms with Gasteiger partial charge in [0.05, 0.1) is 0 Å². The summed E-state index contributed by atoms with van der Waals surface area (Å²) in [5, 5.41) is 19.8. The molecule has 0 unspecified atom stereocenters. The Hall–Kier alpha value is -3.33. The minimum absolute atomic E-state index is 0.239.